The molecule has 0 radical (unpaired) electrons. The Kier molecular flexibility index (Phi) is 4.59. The van der Waals surface area contributed by atoms with Crippen molar-refractivity contribution in [3.8, 4) is 0 Å². The van der Waals surface area contributed by atoms with Crippen molar-refractivity contribution in [1.29, 1.82) is 0 Å². The highest BCUT2D eigenvalue weighted by Gasteiger charge is 2.12. The lowest BCUT2D eigenvalue weighted by molar-refractivity contribution is -0.121. The molecular formula is C11H14N2O4. The van der Waals surface area contributed by atoms with Crippen LogP contribution < -0.4 is 5.32 Å². The SMILES string of the molecule is CC(C)OCC(=O)Nc1cnccc1C(=O)O. The molecule has 0 saturated carbocycles. The molecule has 17 heavy (non-hydrogen) atoms. The van der Waals surface area contributed by atoms with Gasteiger partial charge in [0.2, 0.25) is 5.91 Å². The maximum atomic E-state index is 11.4. The van der Waals surface area contributed by atoms with E-state index < -0.39 is 11.9 Å². The number of aromatic nitrogens is 1. The van der Waals surface area contributed by atoms with Gasteiger partial charge in [-0.15, -0.1) is 0 Å². The standard InChI is InChI=1S/C11H14N2O4/c1-7(2)17-6-10(14)13-9-5-12-4-3-8(9)11(15)16/h3-5,7H,6H2,1-2H3,(H,13,14)(H,15,16). The molecule has 0 aliphatic carbocycles. The molecule has 2 N–H and O–H groups in total. The van der Waals surface area contributed by atoms with E-state index in [0.29, 0.717) is 0 Å². The summed E-state index contributed by atoms with van der Waals surface area (Å²) >= 11 is 0. The maximum absolute atomic E-state index is 11.4. The first-order chi connectivity index (χ1) is 8.00. The Morgan fingerprint density at radius 1 is 1.53 bits per heavy atom. The predicted molar refractivity (Wildman–Crippen MR) is 60.9 cm³/mol. The Morgan fingerprint density at radius 3 is 2.82 bits per heavy atom. The van der Waals surface area contributed by atoms with E-state index in [-0.39, 0.29) is 24.0 Å². The van der Waals surface area contributed by atoms with E-state index in [1.165, 1.54) is 18.5 Å². The Labute approximate surface area is 98.6 Å². The van der Waals surface area contributed by atoms with Gasteiger partial charge < -0.3 is 15.2 Å². The first-order valence-corrected chi connectivity index (χ1v) is 5.09. The summed E-state index contributed by atoms with van der Waals surface area (Å²) in [6.45, 7) is 3.49. The zero-order valence-corrected chi connectivity index (χ0v) is 9.64. The molecular weight excluding hydrogens is 224 g/mol. The van der Waals surface area contributed by atoms with Crippen LogP contribution in [0.2, 0.25) is 0 Å². The normalized spacial score (nSPS) is 10.3. The van der Waals surface area contributed by atoms with Crippen molar-refractivity contribution >= 4 is 17.6 Å². The molecule has 0 aromatic carbocycles. The Hall–Kier alpha value is -1.95. The fourth-order valence-electron chi connectivity index (χ4n) is 1.11. The topological polar surface area (TPSA) is 88.5 Å². The number of amides is 1. The summed E-state index contributed by atoms with van der Waals surface area (Å²) in [4.78, 5) is 26.1. The summed E-state index contributed by atoms with van der Waals surface area (Å²) in [5, 5.41) is 11.3. The van der Waals surface area contributed by atoms with E-state index in [2.05, 4.69) is 10.3 Å². The average molecular weight is 238 g/mol. The van der Waals surface area contributed by atoms with Crippen molar-refractivity contribution < 1.29 is 19.4 Å². The van der Waals surface area contributed by atoms with Gasteiger partial charge in [-0.1, -0.05) is 0 Å². The highest BCUT2D eigenvalue weighted by molar-refractivity contribution is 6.00. The number of carboxylic acids is 1. The van der Waals surface area contributed by atoms with Crippen molar-refractivity contribution in [2.45, 2.75) is 20.0 Å². The van der Waals surface area contributed by atoms with Crippen LogP contribution in [0.25, 0.3) is 0 Å². The number of anilines is 1. The second kappa shape index (κ2) is 5.95. The number of pyridine rings is 1. The molecule has 0 atom stereocenters. The molecule has 1 heterocycles. The summed E-state index contributed by atoms with van der Waals surface area (Å²) in [6, 6.07) is 1.32. The summed E-state index contributed by atoms with van der Waals surface area (Å²) in [6.07, 6.45) is 2.58. The van der Waals surface area contributed by atoms with Crippen LogP contribution in [0.1, 0.15) is 24.2 Å². The molecule has 0 saturated heterocycles. The number of carbonyl (C=O) groups excluding carboxylic acids is 1. The third kappa shape index (κ3) is 4.20. The minimum atomic E-state index is -1.12. The van der Waals surface area contributed by atoms with Gasteiger partial charge in [0.25, 0.3) is 0 Å². The summed E-state index contributed by atoms with van der Waals surface area (Å²) in [7, 11) is 0. The first-order valence-electron chi connectivity index (χ1n) is 5.09. The fraction of sp³-hybridized carbons (Fsp3) is 0.364. The molecule has 92 valence electrons. The summed E-state index contributed by atoms with van der Waals surface area (Å²) in [5.74, 6) is -1.53. The van der Waals surface area contributed by atoms with Crippen LogP contribution in [0.4, 0.5) is 5.69 Å². The molecule has 0 unspecified atom stereocenters. The molecule has 0 spiro atoms. The lowest BCUT2D eigenvalue weighted by Gasteiger charge is -2.09. The molecule has 1 aromatic rings. The van der Waals surface area contributed by atoms with Gasteiger partial charge in [0.05, 0.1) is 23.6 Å². The molecule has 0 bridgehead atoms. The van der Waals surface area contributed by atoms with Crippen LogP contribution in [0, 0.1) is 0 Å². The fourth-order valence-corrected chi connectivity index (χ4v) is 1.11. The summed E-state index contributed by atoms with van der Waals surface area (Å²) in [5.41, 5.74) is 0.162. The molecule has 0 aliphatic heterocycles. The van der Waals surface area contributed by atoms with Gasteiger partial charge in [-0.05, 0) is 19.9 Å². The highest BCUT2D eigenvalue weighted by atomic mass is 16.5. The van der Waals surface area contributed by atoms with E-state index >= 15 is 0 Å². The van der Waals surface area contributed by atoms with Gasteiger partial charge in [0.1, 0.15) is 6.61 Å². The van der Waals surface area contributed by atoms with Crippen LogP contribution in [-0.4, -0.2) is 34.7 Å². The third-order valence-corrected chi connectivity index (χ3v) is 1.87. The van der Waals surface area contributed by atoms with Crippen molar-refractivity contribution in [2.24, 2.45) is 0 Å². The number of hydrogen-bond donors (Lipinski definition) is 2. The van der Waals surface area contributed by atoms with Gasteiger partial charge in [-0.3, -0.25) is 9.78 Å². The molecule has 1 aromatic heterocycles. The lowest BCUT2D eigenvalue weighted by Crippen LogP contribution is -2.22. The first kappa shape index (κ1) is 13.1. The Bertz CT molecular complexity index is 418. The second-order valence-corrected chi connectivity index (χ2v) is 3.63. The van der Waals surface area contributed by atoms with Crippen molar-refractivity contribution in [1.82, 2.24) is 4.98 Å². The van der Waals surface area contributed by atoms with Crippen molar-refractivity contribution in [2.75, 3.05) is 11.9 Å². The van der Waals surface area contributed by atoms with Crippen molar-refractivity contribution in [3.63, 3.8) is 0 Å². The zero-order chi connectivity index (χ0) is 12.8. The van der Waals surface area contributed by atoms with E-state index in [0.717, 1.165) is 0 Å². The molecule has 0 fully saturated rings. The van der Waals surface area contributed by atoms with Gasteiger partial charge in [0, 0.05) is 6.20 Å². The number of nitrogens with zero attached hydrogens (tertiary/aromatic N) is 1. The predicted octanol–water partition coefficient (Wildman–Crippen LogP) is 1.14. The smallest absolute Gasteiger partial charge is 0.337 e. The monoisotopic (exact) mass is 238 g/mol. The van der Waals surface area contributed by atoms with Gasteiger partial charge in [-0.25, -0.2) is 4.79 Å². The van der Waals surface area contributed by atoms with E-state index in [1.54, 1.807) is 13.8 Å². The highest BCUT2D eigenvalue weighted by Crippen LogP contribution is 2.12. The van der Waals surface area contributed by atoms with Gasteiger partial charge in [0.15, 0.2) is 0 Å². The molecule has 6 heteroatoms. The molecule has 0 aliphatic rings. The van der Waals surface area contributed by atoms with Crippen molar-refractivity contribution in [3.05, 3.63) is 24.0 Å². The van der Waals surface area contributed by atoms with Crippen LogP contribution in [-0.2, 0) is 9.53 Å². The van der Waals surface area contributed by atoms with Gasteiger partial charge >= 0.3 is 5.97 Å². The van der Waals surface area contributed by atoms with Crippen LogP contribution in [0.15, 0.2) is 18.5 Å². The number of carbonyl (C=O) groups is 2. The van der Waals surface area contributed by atoms with E-state index in [4.69, 9.17) is 9.84 Å². The number of rotatable bonds is 5. The average Bonchev–Trinajstić information content (AvgIpc) is 2.27. The minimum Gasteiger partial charge on any atom is -0.478 e. The van der Waals surface area contributed by atoms with Crippen LogP contribution in [0.5, 0.6) is 0 Å². The number of hydrogen-bond acceptors (Lipinski definition) is 4. The second-order valence-electron chi connectivity index (χ2n) is 3.63. The van der Waals surface area contributed by atoms with Crippen LogP contribution >= 0.6 is 0 Å². The summed E-state index contributed by atoms with van der Waals surface area (Å²) < 4.78 is 5.10. The third-order valence-electron chi connectivity index (χ3n) is 1.87. The number of ether oxygens (including phenoxy) is 1. The minimum absolute atomic E-state index is 0.00195. The van der Waals surface area contributed by atoms with Crippen LogP contribution in [0.3, 0.4) is 0 Å². The quantitative estimate of drug-likeness (QED) is 0.803. The number of aromatic carboxylic acids is 1. The molecule has 6 nitrogen and oxygen atoms in total. The van der Waals surface area contributed by atoms with Gasteiger partial charge in [-0.2, -0.15) is 0 Å². The largest absolute Gasteiger partial charge is 0.478 e. The number of carboxylic acid groups (broad SMARTS) is 1. The van der Waals surface area contributed by atoms with E-state index in [1.807, 2.05) is 0 Å². The molecule has 1 amide bonds. The lowest BCUT2D eigenvalue weighted by atomic mass is 10.2. The maximum Gasteiger partial charge on any atom is 0.337 e. The Morgan fingerprint density at radius 2 is 2.24 bits per heavy atom. The zero-order valence-electron chi connectivity index (χ0n) is 9.64. The Balaban J connectivity index is 2.68. The molecule has 1 rings (SSSR count). The number of nitrogens with one attached hydrogen (secondary N) is 1. The van der Waals surface area contributed by atoms with E-state index in [9.17, 15) is 9.59 Å².